The van der Waals surface area contributed by atoms with Crippen molar-refractivity contribution in [1.29, 1.82) is 0 Å². The second-order valence-electron chi connectivity index (χ2n) is 4.91. The van der Waals surface area contributed by atoms with Gasteiger partial charge in [0.15, 0.2) is 0 Å². The average molecular weight is 319 g/mol. The predicted octanol–water partition coefficient (Wildman–Crippen LogP) is 3.51. The smallest absolute Gasteiger partial charge is 0.243 e. The predicted molar refractivity (Wildman–Crippen MR) is 84.4 cm³/mol. The molecular weight excluding hydrogens is 296 g/mol. The summed E-state index contributed by atoms with van der Waals surface area (Å²) in [6, 6.07) is 4.43. The highest BCUT2D eigenvalue weighted by atomic mass is 35.5. The van der Waals surface area contributed by atoms with Gasteiger partial charge in [0.05, 0.1) is 15.6 Å². The van der Waals surface area contributed by atoms with Gasteiger partial charge in [-0.3, -0.25) is 0 Å². The van der Waals surface area contributed by atoms with Gasteiger partial charge in [-0.2, -0.15) is 4.31 Å². The summed E-state index contributed by atoms with van der Waals surface area (Å²) in [6.07, 6.45) is 2.56. The van der Waals surface area contributed by atoms with Gasteiger partial charge in [0, 0.05) is 12.6 Å². The Kier molecular flexibility index (Phi) is 6.30. The summed E-state index contributed by atoms with van der Waals surface area (Å²) in [7, 11) is -3.53. The Morgan fingerprint density at radius 2 is 2.00 bits per heavy atom. The Hall–Kier alpha value is -0.780. The molecule has 2 N–H and O–H groups in total. The van der Waals surface area contributed by atoms with Gasteiger partial charge in [-0.05, 0) is 38.0 Å². The molecule has 0 saturated heterocycles. The Labute approximate surface area is 127 Å². The van der Waals surface area contributed by atoms with E-state index in [0.717, 1.165) is 19.3 Å². The SMILES string of the molecule is CCCCN(C(C)CC)S(=O)(=O)c1ccc(Cl)c(N)c1. The van der Waals surface area contributed by atoms with Crippen molar-refractivity contribution in [2.24, 2.45) is 0 Å². The van der Waals surface area contributed by atoms with Crippen LogP contribution in [0, 0.1) is 0 Å². The Morgan fingerprint density at radius 3 is 2.50 bits per heavy atom. The number of anilines is 1. The molecular formula is C14H23ClN2O2S. The van der Waals surface area contributed by atoms with E-state index in [0.29, 0.717) is 11.6 Å². The number of nitrogens with two attached hydrogens (primary N) is 1. The van der Waals surface area contributed by atoms with Crippen molar-refractivity contribution in [2.45, 2.75) is 51.0 Å². The second kappa shape index (κ2) is 7.29. The van der Waals surface area contributed by atoms with Crippen LogP contribution < -0.4 is 5.73 Å². The molecule has 0 amide bonds. The molecule has 0 aromatic heterocycles. The number of rotatable bonds is 7. The number of halogens is 1. The molecule has 0 bridgehead atoms. The topological polar surface area (TPSA) is 63.4 Å². The van der Waals surface area contributed by atoms with E-state index in [9.17, 15) is 8.42 Å². The van der Waals surface area contributed by atoms with Crippen LogP contribution in [0.4, 0.5) is 5.69 Å². The molecule has 0 aliphatic rings. The minimum absolute atomic E-state index is 0.0385. The molecule has 6 heteroatoms. The fraction of sp³-hybridized carbons (Fsp3) is 0.571. The summed E-state index contributed by atoms with van der Waals surface area (Å²) in [5, 5.41) is 0.368. The van der Waals surface area contributed by atoms with Crippen molar-refractivity contribution in [3.8, 4) is 0 Å². The summed E-state index contributed by atoms with van der Waals surface area (Å²) in [5.41, 5.74) is 6.00. The standard InChI is InChI=1S/C14H23ClN2O2S/c1-4-6-9-17(11(3)5-2)20(18,19)12-7-8-13(15)14(16)10-12/h7-8,10-11H,4-6,9,16H2,1-3H3. The molecule has 1 aromatic rings. The van der Waals surface area contributed by atoms with E-state index in [-0.39, 0.29) is 16.6 Å². The first-order valence-corrected chi connectivity index (χ1v) is 8.73. The van der Waals surface area contributed by atoms with Crippen molar-refractivity contribution >= 4 is 27.3 Å². The molecule has 0 radical (unpaired) electrons. The van der Waals surface area contributed by atoms with Crippen LogP contribution in [0.25, 0.3) is 0 Å². The maximum atomic E-state index is 12.7. The van der Waals surface area contributed by atoms with Gasteiger partial charge in [0.1, 0.15) is 0 Å². The van der Waals surface area contributed by atoms with Gasteiger partial charge < -0.3 is 5.73 Å². The zero-order valence-corrected chi connectivity index (χ0v) is 13.8. The van der Waals surface area contributed by atoms with E-state index in [4.69, 9.17) is 17.3 Å². The van der Waals surface area contributed by atoms with Crippen LogP contribution in [0.5, 0.6) is 0 Å². The van der Waals surface area contributed by atoms with E-state index in [1.165, 1.54) is 18.2 Å². The molecule has 0 aliphatic carbocycles. The van der Waals surface area contributed by atoms with Crippen LogP contribution in [0.2, 0.25) is 5.02 Å². The van der Waals surface area contributed by atoms with Gasteiger partial charge in [0.2, 0.25) is 10.0 Å². The third-order valence-corrected chi connectivity index (χ3v) is 5.74. The number of unbranched alkanes of at least 4 members (excludes halogenated alkanes) is 1. The molecule has 1 atom stereocenters. The fourth-order valence-corrected chi connectivity index (χ4v) is 3.81. The molecule has 0 aliphatic heterocycles. The number of benzene rings is 1. The van der Waals surface area contributed by atoms with Gasteiger partial charge in [0.25, 0.3) is 0 Å². The lowest BCUT2D eigenvalue weighted by Crippen LogP contribution is -2.39. The van der Waals surface area contributed by atoms with Crippen molar-refractivity contribution in [2.75, 3.05) is 12.3 Å². The number of sulfonamides is 1. The molecule has 0 spiro atoms. The Morgan fingerprint density at radius 1 is 1.35 bits per heavy atom. The van der Waals surface area contributed by atoms with Gasteiger partial charge >= 0.3 is 0 Å². The van der Waals surface area contributed by atoms with Crippen LogP contribution >= 0.6 is 11.6 Å². The monoisotopic (exact) mass is 318 g/mol. The zero-order chi connectivity index (χ0) is 15.3. The molecule has 114 valence electrons. The molecule has 0 saturated carbocycles. The molecule has 0 heterocycles. The van der Waals surface area contributed by atoms with Gasteiger partial charge in [-0.1, -0.05) is 31.9 Å². The summed E-state index contributed by atoms with van der Waals surface area (Å²) in [4.78, 5) is 0.204. The van der Waals surface area contributed by atoms with Crippen molar-refractivity contribution in [3.63, 3.8) is 0 Å². The molecule has 1 rings (SSSR count). The van der Waals surface area contributed by atoms with E-state index >= 15 is 0 Å². The lowest BCUT2D eigenvalue weighted by molar-refractivity contribution is 0.324. The van der Waals surface area contributed by atoms with Crippen LogP contribution in [-0.2, 0) is 10.0 Å². The third kappa shape index (κ3) is 3.87. The average Bonchev–Trinajstić information content (AvgIpc) is 2.41. The largest absolute Gasteiger partial charge is 0.397 e. The Balaban J connectivity index is 3.17. The second-order valence-corrected chi connectivity index (χ2v) is 7.21. The van der Waals surface area contributed by atoms with Crippen LogP contribution in [0.1, 0.15) is 40.0 Å². The van der Waals surface area contributed by atoms with E-state index in [2.05, 4.69) is 0 Å². The number of hydrogen-bond donors (Lipinski definition) is 1. The first kappa shape index (κ1) is 17.3. The van der Waals surface area contributed by atoms with E-state index in [1.54, 1.807) is 4.31 Å². The fourth-order valence-electron chi connectivity index (χ4n) is 1.91. The number of hydrogen-bond acceptors (Lipinski definition) is 3. The van der Waals surface area contributed by atoms with Crippen molar-refractivity contribution in [1.82, 2.24) is 4.31 Å². The number of nitrogens with zero attached hydrogens (tertiary/aromatic N) is 1. The van der Waals surface area contributed by atoms with Crippen molar-refractivity contribution in [3.05, 3.63) is 23.2 Å². The highest BCUT2D eigenvalue weighted by Crippen LogP contribution is 2.26. The first-order chi connectivity index (χ1) is 9.34. The lowest BCUT2D eigenvalue weighted by Gasteiger charge is -2.27. The Bertz CT molecular complexity index is 546. The summed E-state index contributed by atoms with van der Waals surface area (Å²) < 4.78 is 27.0. The highest BCUT2D eigenvalue weighted by molar-refractivity contribution is 7.89. The van der Waals surface area contributed by atoms with Gasteiger partial charge in [-0.15, -0.1) is 0 Å². The summed E-state index contributed by atoms with van der Waals surface area (Å²) in [6.45, 7) is 6.47. The summed E-state index contributed by atoms with van der Waals surface area (Å²) in [5.74, 6) is 0. The first-order valence-electron chi connectivity index (χ1n) is 6.91. The van der Waals surface area contributed by atoms with Crippen LogP contribution in [0.3, 0.4) is 0 Å². The third-order valence-electron chi connectivity index (χ3n) is 3.39. The molecule has 0 fully saturated rings. The summed E-state index contributed by atoms with van der Waals surface area (Å²) >= 11 is 5.85. The van der Waals surface area contributed by atoms with Crippen LogP contribution in [-0.4, -0.2) is 25.3 Å². The normalized spacial score (nSPS) is 13.7. The zero-order valence-electron chi connectivity index (χ0n) is 12.3. The number of nitrogen functional groups attached to an aromatic ring is 1. The molecule has 1 aromatic carbocycles. The minimum Gasteiger partial charge on any atom is -0.397 e. The van der Waals surface area contributed by atoms with Gasteiger partial charge in [-0.25, -0.2) is 8.42 Å². The van der Waals surface area contributed by atoms with Crippen molar-refractivity contribution < 1.29 is 8.42 Å². The molecule has 1 unspecified atom stereocenters. The molecule has 4 nitrogen and oxygen atoms in total. The van der Waals surface area contributed by atoms with E-state index < -0.39 is 10.0 Å². The van der Waals surface area contributed by atoms with E-state index in [1.807, 2.05) is 20.8 Å². The maximum Gasteiger partial charge on any atom is 0.243 e. The molecule has 20 heavy (non-hydrogen) atoms. The quantitative estimate of drug-likeness (QED) is 0.782. The van der Waals surface area contributed by atoms with Crippen LogP contribution in [0.15, 0.2) is 23.1 Å². The maximum absolute atomic E-state index is 12.7. The lowest BCUT2D eigenvalue weighted by atomic mass is 10.2. The highest BCUT2D eigenvalue weighted by Gasteiger charge is 2.28. The minimum atomic E-state index is -3.53.